The first kappa shape index (κ1) is 14.7. The number of ether oxygens (including phenoxy) is 1. The first-order valence-electron chi connectivity index (χ1n) is 6.54. The number of fused-ring (bicyclic) bond motifs is 2. The Morgan fingerprint density at radius 2 is 1.68 bits per heavy atom. The number of hydrogen-bond donors (Lipinski definition) is 1. The summed E-state index contributed by atoms with van der Waals surface area (Å²) in [5.74, 6) is 0.612. The van der Waals surface area contributed by atoms with E-state index in [1.54, 1.807) is 20.1 Å². The molecule has 0 fully saturated rings. The molecule has 0 bridgehead atoms. The predicted octanol–water partition coefficient (Wildman–Crippen LogP) is 2.66. The van der Waals surface area contributed by atoms with Crippen LogP contribution in [0.3, 0.4) is 0 Å². The third-order valence-electron chi connectivity index (χ3n) is 3.44. The van der Waals surface area contributed by atoms with Crippen LogP contribution in [0.2, 0.25) is 0 Å². The normalized spacial score (nSPS) is 12.0. The number of methoxy groups -OCH3 is 1. The van der Waals surface area contributed by atoms with Crippen molar-refractivity contribution in [1.82, 2.24) is 9.97 Å². The Labute approximate surface area is 127 Å². The van der Waals surface area contributed by atoms with Crippen molar-refractivity contribution in [3.63, 3.8) is 0 Å². The van der Waals surface area contributed by atoms with Gasteiger partial charge >= 0.3 is 0 Å². The second kappa shape index (κ2) is 4.89. The summed E-state index contributed by atoms with van der Waals surface area (Å²) in [6, 6.07) is 6.63. The summed E-state index contributed by atoms with van der Waals surface area (Å²) in [5, 5.41) is 0. The molecule has 7 heteroatoms. The topological polar surface area (TPSA) is 89.4 Å². The summed E-state index contributed by atoms with van der Waals surface area (Å²) in [7, 11) is -2.73. The molecule has 0 amide bonds. The minimum absolute atomic E-state index is 0.159. The molecule has 0 atom stereocenters. The highest BCUT2D eigenvalue weighted by molar-refractivity contribution is 7.85. The fraction of sp³-hybridized carbons (Fsp3) is 0.200. The molecule has 1 N–H and O–H groups in total. The summed E-state index contributed by atoms with van der Waals surface area (Å²) in [4.78, 5) is 8.79. The smallest absolute Gasteiger partial charge is 0.294 e. The Morgan fingerprint density at radius 3 is 2.32 bits per heavy atom. The lowest BCUT2D eigenvalue weighted by molar-refractivity contribution is 0.418. The van der Waals surface area contributed by atoms with Gasteiger partial charge in [-0.2, -0.15) is 8.42 Å². The molecule has 0 aliphatic rings. The molecule has 1 aromatic heterocycles. The fourth-order valence-electron chi connectivity index (χ4n) is 2.45. The Kier molecular flexibility index (Phi) is 3.26. The van der Waals surface area contributed by atoms with Crippen LogP contribution in [0.15, 0.2) is 29.2 Å². The summed E-state index contributed by atoms with van der Waals surface area (Å²) in [6.07, 6.45) is 0. The van der Waals surface area contributed by atoms with Gasteiger partial charge in [-0.05, 0) is 49.2 Å². The molecule has 6 nitrogen and oxygen atoms in total. The maximum absolute atomic E-state index is 11.4. The molecular weight excluding hydrogens is 304 g/mol. The van der Waals surface area contributed by atoms with E-state index in [0.29, 0.717) is 33.4 Å². The highest BCUT2D eigenvalue weighted by atomic mass is 32.2. The molecule has 2 aromatic carbocycles. The van der Waals surface area contributed by atoms with Crippen LogP contribution in [0.1, 0.15) is 11.1 Å². The maximum atomic E-state index is 11.4. The van der Waals surface area contributed by atoms with Gasteiger partial charge in [-0.15, -0.1) is 0 Å². The summed E-state index contributed by atoms with van der Waals surface area (Å²) < 4.78 is 37.4. The van der Waals surface area contributed by atoms with Crippen molar-refractivity contribution in [1.29, 1.82) is 0 Å². The predicted molar refractivity (Wildman–Crippen MR) is 82.9 cm³/mol. The largest absolute Gasteiger partial charge is 0.494 e. The minimum atomic E-state index is -4.29. The van der Waals surface area contributed by atoms with E-state index in [1.165, 1.54) is 6.07 Å². The Hall–Kier alpha value is -2.25. The highest BCUT2D eigenvalue weighted by Gasteiger charge is 2.16. The van der Waals surface area contributed by atoms with E-state index in [1.807, 2.05) is 19.1 Å². The van der Waals surface area contributed by atoms with Gasteiger partial charge in [-0.3, -0.25) is 4.55 Å². The number of aromatic nitrogens is 2. The van der Waals surface area contributed by atoms with Crippen molar-refractivity contribution in [2.24, 2.45) is 0 Å². The van der Waals surface area contributed by atoms with Gasteiger partial charge < -0.3 is 4.74 Å². The monoisotopic (exact) mass is 318 g/mol. The van der Waals surface area contributed by atoms with E-state index >= 15 is 0 Å². The molecule has 0 spiro atoms. The molecule has 22 heavy (non-hydrogen) atoms. The fourth-order valence-corrected chi connectivity index (χ4v) is 3.18. The standard InChI is InChI=1S/C15H14N2O4S/c1-8-4-12-15(13(5-8)21-3)17-10-6-9(2)14(22(18,19)20)7-11(10)16-12/h4-7H,1-3H3,(H,18,19,20). The first-order valence-corrected chi connectivity index (χ1v) is 7.98. The van der Waals surface area contributed by atoms with E-state index in [0.717, 1.165) is 5.56 Å². The lowest BCUT2D eigenvalue weighted by atomic mass is 10.1. The van der Waals surface area contributed by atoms with E-state index < -0.39 is 10.1 Å². The second-order valence-electron chi connectivity index (χ2n) is 5.14. The van der Waals surface area contributed by atoms with Crippen LogP contribution in [0.4, 0.5) is 0 Å². The average Bonchev–Trinajstić information content (AvgIpc) is 2.42. The number of aryl methyl sites for hydroxylation is 2. The van der Waals surface area contributed by atoms with Gasteiger partial charge in [0.2, 0.25) is 0 Å². The van der Waals surface area contributed by atoms with Gasteiger partial charge in [0, 0.05) is 0 Å². The van der Waals surface area contributed by atoms with Crippen molar-refractivity contribution in [2.45, 2.75) is 18.7 Å². The van der Waals surface area contributed by atoms with E-state index in [9.17, 15) is 13.0 Å². The number of hydrogen-bond acceptors (Lipinski definition) is 5. The van der Waals surface area contributed by atoms with E-state index in [2.05, 4.69) is 9.97 Å². The van der Waals surface area contributed by atoms with Crippen molar-refractivity contribution in [3.8, 4) is 5.75 Å². The molecule has 0 radical (unpaired) electrons. The van der Waals surface area contributed by atoms with Crippen molar-refractivity contribution >= 4 is 32.2 Å². The van der Waals surface area contributed by atoms with Gasteiger partial charge in [0.15, 0.2) is 0 Å². The Bertz CT molecular complexity index is 1010. The molecular formula is C15H14N2O4S. The summed E-state index contributed by atoms with van der Waals surface area (Å²) in [5.41, 5.74) is 3.53. The third-order valence-corrected chi connectivity index (χ3v) is 4.44. The zero-order valence-electron chi connectivity index (χ0n) is 12.3. The zero-order valence-corrected chi connectivity index (χ0v) is 13.1. The van der Waals surface area contributed by atoms with Gasteiger partial charge in [0.05, 0.1) is 28.6 Å². The Morgan fingerprint density at radius 1 is 1.00 bits per heavy atom. The van der Waals surface area contributed by atoms with Crippen LogP contribution in [-0.2, 0) is 10.1 Å². The second-order valence-corrected chi connectivity index (χ2v) is 6.53. The first-order chi connectivity index (χ1) is 10.3. The van der Waals surface area contributed by atoms with Crippen LogP contribution in [0, 0.1) is 13.8 Å². The van der Waals surface area contributed by atoms with Gasteiger partial charge in [-0.25, -0.2) is 9.97 Å². The maximum Gasteiger partial charge on any atom is 0.294 e. The SMILES string of the molecule is COc1cc(C)cc2nc3cc(S(=O)(=O)O)c(C)cc3nc12. The van der Waals surface area contributed by atoms with Crippen LogP contribution in [0.25, 0.3) is 22.1 Å². The summed E-state index contributed by atoms with van der Waals surface area (Å²) >= 11 is 0. The molecule has 0 unspecified atom stereocenters. The van der Waals surface area contributed by atoms with Gasteiger partial charge in [0.25, 0.3) is 10.1 Å². The van der Waals surface area contributed by atoms with Crippen LogP contribution < -0.4 is 4.74 Å². The quantitative estimate of drug-likeness (QED) is 0.577. The van der Waals surface area contributed by atoms with Gasteiger partial charge in [0.1, 0.15) is 11.3 Å². The molecule has 0 saturated heterocycles. The molecule has 0 aliphatic carbocycles. The van der Waals surface area contributed by atoms with E-state index in [4.69, 9.17) is 4.74 Å². The molecule has 0 saturated carbocycles. The van der Waals surface area contributed by atoms with E-state index in [-0.39, 0.29) is 4.90 Å². The van der Waals surface area contributed by atoms with Crippen molar-refractivity contribution in [2.75, 3.05) is 7.11 Å². The molecule has 0 aliphatic heterocycles. The molecule has 3 aromatic rings. The number of benzene rings is 2. The van der Waals surface area contributed by atoms with Crippen molar-refractivity contribution in [3.05, 3.63) is 35.4 Å². The Balaban J connectivity index is 2.43. The van der Waals surface area contributed by atoms with Crippen LogP contribution >= 0.6 is 0 Å². The number of nitrogens with zero attached hydrogens (tertiary/aromatic N) is 2. The van der Waals surface area contributed by atoms with Crippen molar-refractivity contribution < 1.29 is 17.7 Å². The highest BCUT2D eigenvalue weighted by Crippen LogP contribution is 2.28. The molecule has 114 valence electrons. The minimum Gasteiger partial charge on any atom is -0.494 e. The van der Waals surface area contributed by atoms with Crippen LogP contribution in [-0.4, -0.2) is 30.0 Å². The third kappa shape index (κ3) is 2.38. The molecule has 1 heterocycles. The number of rotatable bonds is 2. The lowest BCUT2D eigenvalue weighted by Crippen LogP contribution is -2.02. The average molecular weight is 318 g/mol. The zero-order chi connectivity index (χ0) is 16.1. The lowest BCUT2D eigenvalue weighted by Gasteiger charge is -2.09. The summed E-state index contributed by atoms with van der Waals surface area (Å²) in [6.45, 7) is 3.51. The van der Waals surface area contributed by atoms with Gasteiger partial charge in [-0.1, -0.05) is 0 Å². The van der Waals surface area contributed by atoms with Crippen LogP contribution in [0.5, 0.6) is 5.75 Å². The molecule has 3 rings (SSSR count).